The zero-order valence-corrected chi connectivity index (χ0v) is 20.8. The summed E-state index contributed by atoms with van der Waals surface area (Å²) in [5.74, 6) is -0.209. The number of anilines is 1. The van der Waals surface area contributed by atoms with Crippen LogP contribution >= 0.6 is 0 Å². The molecule has 0 radical (unpaired) electrons. The third-order valence-corrected chi connectivity index (χ3v) is 5.23. The molecule has 0 aliphatic rings. The number of nitrogens with one attached hydrogen (secondary N) is 1. The molecule has 2 rings (SSSR count). The second kappa shape index (κ2) is 17.3. The van der Waals surface area contributed by atoms with Crippen molar-refractivity contribution < 1.29 is 14.3 Å². The molecule has 0 aromatic carbocycles. The molecule has 35 heavy (non-hydrogen) atoms. The summed E-state index contributed by atoms with van der Waals surface area (Å²) in [6.07, 6.45) is 24.8. The van der Waals surface area contributed by atoms with Gasteiger partial charge in [0.2, 0.25) is 5.95 Å². The van der Waals surface area contributed by atoms with E-state index in [1.165, 1.54) is 32.0 Å². The number of rotatable bonds is 18. The van der Waals surface area contributed by atoms with Crippen molar-refractivity contribution in [3.8, 4) is 0 Å². The van der Waals surface area contributed by atoms with E-state index in [4.69, 9.17) is 15.2 Å². The zero-order chi connectivity index (χ0) is 25.1. The van der Waals surface area contributed by atoms with Crippen LogP contribution in [0, 0.1) is 0 Å². The van der Waals surface area contributed by atoms with Crippen molar-refractivity contribution in [2.24, 2.45) is 0 Å². The van der Waals surface area contributed by atoms with E-state index in [2.05, 4.69) is 58.3 Å². The second-order valence-corrected chi connectivity index (χ2v) is 8.22. The van der Waals surface area contributed by atoms with Crippen molar-refractivity contribution in [2.75, 3.05) is 18.9 Å². The Labute approximate surface area is 207 Å². The highest BCUT2D eigenvalue weighted by Crippen LogP contribution is 2.07. The lowest BCUT2D eigenvalue weighted by molar-refractivity contribution is -0.145. The molecule has 0 spiro atoms. The average molecular weight is 486 g/mol. The summed E-state index contributed by atoms with van der Waals surface area (Å²) in [7, 11) is 0. The van der Waals surface area contributed by atoms with E-state index in [1.807, 2.05) is 0 Å². The van der Waals surface area contributed by atoms with E-state index in [1.54, 1.807) is 4.57 Å². The van der Waals surface area contributed by atoms with Gasteiger partial charge in [0.15, 0.2) is 11.2 Å². The maximum atomic E-state index is 11.8. The number of hydrogen-bond donors (Lipinski definition) is 2. The van der Waals surface area contributed by atoms with Crippen LogP contribution in [0.3, 0.4) is 0 Å². The predicted molar refractivity (Wildman–Crippen MR) is 139 cm³/mol. The lowest BCUT2D eigenvalue weighted by atomic mass is 10.1. The number of nitrogens with two attached hydrogens (primary N) is 1. The molecular weight excluding hydrogens is 446 g/mol. The lowest BCUT2D eigenvalue weighted by Crippen LogP contribution is -2.14. The molecule has 0 fully saturated rings. The normalized spacial score (nSPS) is 12.0. The third kappa shape index (κ3) is 11.7. The van der Waals surface area contributed by atoms with Crippen LogP contribution in [0.25, 0.3) is 11.2 Å². The van der Waals surface area contributed by atoms with Crippen LogP contribution in [-0.2, 0) is 21.0 Å². The number of nitrogens with zero attached hydrogens (tertiary/aromatic N) is 3. The van der Waals surface area contributed by atoms with Gasteiger partial charge in [-0.2, -0.15) is 4.98 Å². The Kier molecular flexibility index (Phi) is 13.8. The van der Waals surface area contributed by atoms with Crippen LogP contribution in [0.2, 0.25) is 0 Å². The van der Waals surface area contributed by atoms with Gasteiger partial charge in [-0.1, -0.05) is 56.2 Å². The standard InChI is InChI=1S/C26H39N5O4/c1-2-3-4-5-6-7-8-9-10-11-12-13-14-15-16-17-22(32)35-19-18-34-21-31-20-28-23-24(31)29-26(27)30-25(23)33/h6-7,9-10,12-13,20H,2-5,8,11,14-19,21H2,1H3,(H3,27,29,30,33)/b7-6-,10-9-,13-12-. The molecule has 0 aliphatic heterocycles. The van der Waals surface area contributed by atoms with Gasteiger partial charge in [0, 0.05) is 6.42 Å². The van der Waals surface area contributed by atoms with Gasteiger partial charge in [0.25, 0.3) is 5.56 Å². The Morgan fingerprint density at radius 3 is 2.43 bits per heavy atom. The summed E-state index contributed by atoms with van der Waals surface area (Å²) in [6, 6.07) is 0. The minimum atomic E-state index is -0.399. The highest BCUT2D eigenvalue weighted by atomic mass is 16.6. The highest BCUT2D eigenvalue weighted by molar-refractivity contribution is 5.70. The molecule has 2 heterocycles. The van der Waals surface area contributed by atoms with Crippen molar-refractivity contribution in [3.05, 3.63) is 53.1 Å². The smallest absolute Gasteiger partial charge is 0.305 e. The molecule has 0 saturated carbocycles. The van der Waals surface area contributed by atoms with Gasteiger partial charge in [-0.3, -0.25) is 19.1 Å². The molecule has 0 unspecified atom stereocenters. The number of aromatic nitrogens is 4. The number of aromatic amines is 1. The van der Waals surface area contributed by atoms with E-state index < -0.39 is 5.56 Å². The summed E-state index contributed by atoms with van der Waals surface area (Å²) in [6.45, 7) is 2.75. The number of esters is 1. The van der Waals surface area contributed by atoms with Gasteiger partial charge < -0.3 is 15.2 Å². The van der Waals surface area contributed by atoms with E-state index in [0.717, 1.165) is 32.1 Å². The Morgan fingerprint density at radius 1 is 1.03 bits per heavy atom. The van der Waals surface area contributed by atoms with Crippen molar-refractivity contribution in [1.82, 2.24) is 19.5 Å². The average Bonchev–Trinajstić information content (AvgIpc) is 3.24. The quantitative estimate of drug-likeness (QED) is 0.176. The number of carbonyl (C=O) groups excluding carboxylic acids is 1. The van der Waals surface area contributed by atoms with E-state index in [-0.39, 0.29) is 37.4 Å². The molecule has 2 aromatic heterocycles. The topological polar surface area (TPSA) is 125 Å². The Bertz CT molecular complexity index is 1020. The van der Waals surface area contributed by atoms with Gasteiger partial charge in [-0.25, -0.2) is 4.98 Å². The van der Waals surface area contributed by atoms with Crippen LogP contribution in [0.5, 0.6) is 0 Å². The summed E-state index contributed by atoms with van der Waals surface area (Å²) in [4.78, 5) is 34.0. The monoisotopic (exact) mass is 485 g/mol. The molecule has 9 nitrogen and oxygen atoms in total. The molecule has 0 saturated heterocycles. The molecule has 192 valence electrons. The lowest BCUT2D eigenvalue weighted by Gasteiger charge is -2.07. The van der Waals surface area contributed by atoms with Gasteiger partial charge >= 0.3 is 5.97 Å². The van der Waals surface area contributed by atoms with Crippen molar-refractivity contribution in [2.45, 2.75) is 77.9 Å². The zero-order valence-electron chi connectivity index (χ0n) is 20.8. The van der Waals surface area contributed by atoms with Crippen LogP contribution in [0.4, 0.5) is 5.95 Å². The molecule has 9 heteroatoms. The fraction of sp³-hybridized carbons (Fsp3) is 0.538. The Balaban J connectivity index is 1.44. The number of imidazole rings is 1. The summed E-state index contributed by atoms with van der Waals surface area (Å²) in [5, 5.41) is 0. The Hall–Kier alpha value is -3.20. The van der Waals surface area contributed by atoms with Gasteiger partial charge in [-0.15, -0.1) is 0 Å². The van der Waals surface area contributed by atoms with Crippen LogP contribution in [-0.4, -0.2) is 38.7 Å². The largest absolute Gasteiger partial charge is 0.463 e. The summed E-state index contributed by atoms with van der Waals surface area (Å²) < 4.78 is 12.2. The molecule has 2 aromatic rings. The third-order valence-electron chi connectivity index (χ3n) is 5.23. The number of ether oxygens (including phenoxy) is 2. The van der Waals surface area contributed by atoms with E-state index >= 15 is 0 Å². The summed E-state index contributed by atoms with van der Waals surface area (Å²) >= 11 is 0. The first-order valence-corrected chi connectivity index (χ1v) is 12.5. The molecule has 3 N–H and O–H groups in total. The van der Waals surface area contributed by atoms with Crippen LogP contribution < -0.4 is 11.3 Å². The van der Waals surface area contributed by atoms with Crippen LogP contribution in [0.1, 0.15) is 71.1 Å². The number of H-pyrrole nitrogens is 1. The molecule has 0 aliphatic carbocycles. The number of fused-ring (bicyclic) bond motifs is 1. The van der Waals surface area contributed by atoms with Crippen molar-refractivity contribution in [1.29, 1.82) is 0 Å². The Morgan fingerprint density at radius 2 is 1.71 bits per heavy atom. The number of allylic oxidation sites excluding steroid dienone is 6. The molecule has 0 bridgehead atoms. The SMILES string of the molecule is CCCCC/C=C\C/C=C\C/C=C\CCCCC(=O)OCCOCn1cnc2c(=O)[nH]c(N)nc21. The van der Waals surface area contributed by atoms with Crippen molar-refractivity contribution >= 4 is 23.1 Å². The highest BCUT2D eigenvalue weighted by Gasteiger charge is 2.09. The molecule has 0 atom stereocenters. The molecule has 0 amide bonds. The van der Waals surface area contributed by atoms with E-state index in [0.29, 0.717) is 12.1 Å². The maximum absolute atomic E-state index is 11.8. The molecular formula is C26H39N5O4. The van der Waals surface area contributed by atoms with Crippen LogP contribution in [0.15, 0.2) is 47.6 Å². The fourth-order valence-electron chi connectivity index (χ4n) is 3.34. The number of unbranched alkanes of at least 4 members (excludes halogenated alkanes) is 5. The predicted octanol–water partition coefficient (Wildman–Crippen LogP) is 4.81. The number of carbonyl (C=O) groups is 1. The summed E-state index contributed by atoms with van der Waals surface area (Å²) in [5.41, 5.74) is 5.71. The number of hydrogen-bond acceptors (Lipinski definition) is 7. The van der Waals surface area contributed by atoms with Gasteiger partial charge in [-0.05, 0) is 44.9 Å². The second-order valence-electron chi connectivity index (χ2n) is 8.22. The maximum Gasteiger partial charge on any atom is 0.305 e. The van der Waals surface area contributed by atoms with Gasteiger partial charge in [0.05, 0.1) is 12.9 Å². The van der Waals surface area contributed by atoms with Gasteiger partial charge in [0.1, 0.15) is 13.3 Å². The fourth-order valence-corrected chi connectivity index (χ4v) is 3.34. The van der Waals surface area contributed by atoms with Crippen molar-refractivity contribution in [3.63, 3.8) is 0 Å². The first-order valence-electron chi connectivity index (χ1n) is 12.5. The van der Waals surface area contributed by atoms with E-state index in [9.17, 15) is 9.59 Å². The minimum absolute atomic E-state index is 0.0157. The number of nitrogen functional groups attached to an aromatic ring is 1. The first-order chi connectivity index (χ1) is 17.1. The minimum Gasteiger partial charge on any atom is -0.463 e. The first kappa shape index (κ1) is 28.0.